The number of nitrogens with two attached hydrogens (primary N) is 1. The monoisotopic (exact) mass is 405 g/mol. The molecular weight excluding hydrogens is 382 g/mol. The maximum atomic E-state index is 12.4. The predicted molar refractivity (Wildman–Crippen MR) is 110 cm³/mol. The molecule has 27 heavy (non-hydrogen) atoms. The van der Waals surface area contributed by atoms with Crippen molar-refractivity contribution in [1.29, 1.82) is 0 Å². The van der Waals surface area contributed by atoms with Crippen LogP contribution in [-0.4, -0.2) is 32.6 Å². The molecule has 0 saturated carbocycles. The van der Waals surface area contributed by atoms with Crippen molar-refractivity contribution in [1.82, 2.24) is 20.2 Å². The summed E-state index contributed by atoms with van der Waals surface area (Å²) < 4.78 is 1.41. The first kappa shape index (κ1) is 19.8. The van der Waals surface area contributed by atoms with E-state index in [0.717, 1.165) is 24.8 Å². The Labute approximate surface area is 168 Å². The van der Waals surface area contributed by atoms with E-state index in [1.165, 1.54) is 34.9 Å². The lowest BCUT2D eigenvalue weighted by atomic mass is 9.97. The SMILES string of the molecule is C[C@H](Sc1nnc(-c2ccc(Cl)cc2)n1N)C(=O)NCCC1=CCCCC1. The van der Waals surface area contributed by atoms with Gasteiger partial charge in [-0.3, -0.25) is 4.79 Å². The third-order valence-corrected chi connectivity index (χ3v) is 5.86. The van der Waals surface area contributed by atoms with Crippen LogP contribution in [0.2, 0.25) is 5.02 Å². The van der Waals surface area contributed by atoms with Crippen molar-refractivity contribution in [2.24, 2.45) is 0 Å². The Hall–Kier alpha value is -1.99. The Morgan fingerprint density at radius 1 is 1.33 bits per heavy atom. The lowest BCUT2D eigenvalue weighted by Crippen LogP contribution is -2.32. The van der Waals surface area contributed by atoms with Gasteiger partial charge in [-0.2, -0.15) is 0 Å². The number of carbonyl (C=O) groups excluding carboxylic acids is 1. The zero-order valence-corrected chi connectivity index (χ0v) is 16.9. The van der Waals surface area contributed by atoms with Crippen LogP contribution in [0, 0.1) is 0 Å². The average Bonchev–Trinajstić information content (AvgIpc) is 3.03. The van der Waals surface area contributed by atoms with Crippen LogP contribution in [0.25, 0.3) is 11.4 Å². The first-order valence-electron chi connectivity index (χ1n) is 9.13. The van der Waals surface area contributed by atoms with E-state index in [4.69, 9.17) is 17.4 Å². The average molecular weight is 406 g/mol. The van der Waals surface area contributed by atoms with Crippen molar-refractivity contribution in [3.63, 3.8) is 0 Å². The molecule has 0 fully saturated rings. The van der Waals surface area contributed by atoms with Crippen LogP contribution in [0.15, 0.2) is 41.1 Å². The molecule has 1 aromatic carbocycles. The predicted octanol–water partition coefficient (Wildman–Crippen LogP) is 3.80. The van der Waals surface area contributed by atoms with Crippen molar-refractivity contribution >= 4 is 29.3 Å². The van der Waals surface area contributed by atoms with E-state index in [2.05, 4.69) is 21.6 Å². The topological polar surface area (TPSA) is 85.8 Å². The van der Waals surface area contributed by atoms with Crippen molar-refractivity contribution in [2.75, 3.05) is 12.4 Å². The van der Waals surface area contributed by atoms with Crippen LogP contribution in [0.3, 0.4) is 0 Å². The molecule has 0 spiro atoms. The molecule has 0 unspecified atom stereocenters. The summed E-state index contributed by atoms with van der Waals surface area (Å²) in [5, 5.41) is 12.1. The smallest absolute Gasteiger partial charge is 0.233 e. The number of rotatable bonds is 7. The van der Waals surface area contributed by atoms with Gasteiger partial charge in [0.05, 0.1) is 5.25 Å². The summed E-state index contributed by atoms with van der Waals surface area (Å²) in [5.41, 5.74) is 2.27. The summed E-state index contributed by atoms with van der Waals surface area (Å²) in [6.07, 6.45) is 8.09. The van der Waals surface area contributed by atoms with Crippen LogP contribution in [0.1, 0.15) is 39.0 Å². The summed E-state index contributed by atoms with van der Waals surface area (Å²) in [6.45, 7) is 2.51. The van der Waals surface area contributed by atoms with Gasteiger partial charge in [-0.25, -0.2) is 4.68 Å². The van der Waals surface area contributed by atoms with Gasteiger partial charge >= 0.3 is 0 Å². The van der Waals surface area contributed by atoms with Gasteiger partial charge in [0, 0.05) is 17.1 Å². The molecule has 3 rings (SSSR count). The normalized spacial score (nSPS) is 15.3. The van der Waals surface area contributed by atoms with Crippen LogP contribution in [0.5, 0.6) is 0 Å². The van der Waals surface area contributed by atoms with Gasteiger partial charge in [0.15, 0.2) is 5.82 Å². The minimum atomic E-state index is -0.310. The number of hydrogen-bond acceptors (Lipinski definition) is 5. The lowest BCUT2D eigenvalue weighted by molar-refractivity contribution is -0.120. The van der Waals surface area contributed by atoms with Gasteiger partial charge in [0.1, 0.15) is 0 Å². The van der Waals surface area contributed by atoms with E-state index in [-0.39, 0.29) is 11.2 Å². The maximum absolute atomic E-state index is 12.4. The third kappa shape index (κ3) is 5.26. The van der Waals surface area contributed by atoms with E-state index in [1.54, 1.807) is 12.1 Å². The molecule has 1 aliphatic rings. The number of aromatic nitrogens is 3. The van der Waals surface area contributed by atoms with E-state index in [9.17, 15) is 4.79 Å². The third-order valence-electron chi connectivity index (χ3n) is 4.55. The van der Waals surface area contributed by atoms with Gasteiger partial charge in [-0.15, -0.1) is 10.2 Å². The van der Waals surface area contributed by atoms with Gasteiger partial charge in [-0.05, 0) is 63.3 Å². The zero-order valence-electron chi connectivity index (χ0n) is 15.3. The Bertz CT molecular complexity index is 818. The number of nitrogens with one attached hydrogen (secondary N) is 1. The lowest BCUT2D eigenvalue weighted by Gasteiger charge is -2.14. The molecule has 3 N–H and O–H groups in total. The highest BCUT2D eigenvalue weighted by Gasteiger charge is 2.19. The number of allylic oxidation sites excluding steroid dienone is 1. The largest absolute Gasteiger partial charge is 0.355 e. The number of thioether (sulfide) groups is 1. The molecule has 144 valence electrons. The molecule has 1 aliphatic carbocycles. The van der Waals surface area contributed by atoms with E-state index in [0.29, 0.717) is 22.5 Å². The molecule has 1 amide bonds. The van der Waals surface area contributed by atoms with Crippen molar-refractivity contribution in [3.05, 3.63) is 40.9 Å². The number of nitrogen functional groups attached to an aromatic ring is 1. The second-order valence-corrected chi connectivity index (χ2v) is 8.34. The second kappa shape index (κ2) is 9.28. The Morgan fingerprint density at radius 3 is 2.81 bits per heavy atom. The summed E-state index contributed by atoms with van der Waals surface area (Å²) in [6, 6.07) is 7.22. The second-order valence-electron chi connectivity index (χ2n) is 6.59. The first-order chi connectivity index (χ1) is 13.0. The van der Waals surface area contributed by atoms with Crippen molar-refractivity contribution < 1.29 is 4.79 Å². The highest BCUT2D eigenvalue weighted by atomic mass is 35.5. The van der Waals surface area contributed by atoms with Crippen molar-refractivity contribution in [3.8, 4) is 11.4 Å². The zero-order chi connectivity index (χ0) is 19.2. The molecule has 6 nitrogen and oxygen atoms in total. The fourth-order valence-corrected chi connectivity index (χ4v) is 3.91. The van der Waals surface area contributed by atoms with Crippen molar-refractivity contribution in [2.45, 2.75) is 49.4 Å². The fraction of sp³-hybridized carbons (Fsp3) is 0.421. The minimum absolute atomic E-state index is 0.0209. The summed E-state index contributed by atoms with van der Waals surface area (Å²) in [5.74, 6) is 6.63. The number of hydrogen-bond donors (Lipinski definition) is 2. The molecule has 8 heteroatoms. The molecule has 2 aromatic rings. The van der Waals surface area contributed by atoms with E-state index >= 15 is 0 Å². The van der Waals surface area contributed by atoms with Crippen LogP contribution in [0.4, 0.5) is 0 Å². The van der Waals surface area contributed by atoms with E-state index in [1.807, 2.05) is 19.1 Å². The minimum Gasteiger partial charge on any atom is -0.355 e. The Kier molecular flexibility index (Phi) is 6.79. The summed E-state index contributed by atoms with van der Waals surface area (Å²) in [4.78, 5) is 12.4. The first-order valence-corrected chi connectivity index (χ1v) is 10.4. The molecular formula is C19H24ClN5OS. The Morgan fingerprint density at radius 2 is 2.11 bits per heavy atom. The van der Waals surface area contributed by atoms with Gasteiger partial charge in [0.2, 0.25) is 11.1 Å². The van der Waals surface area contributed by atoms with Gasteiger partial charge < -0.3 is 11.2 Å². The molecule has 1 atom stereocenters. The van der Waals surface area contributed by atoms with Crippen LogP contribution in [-0.2, 0) is 4.79 Å². The Balaban J connectivity index is 1.54. The quantitative estimate of drug-likeness (QED) is 0.415. The summed E-state index contributed by atoms with van der Waals surface area (Å²) in [7, 11) is 0. The number of carbonyl (C=O) groups is 1. The van der Waals surface area contributed by atoms with Gasteiger partial charge in [-0.1, -0.05) is 35.0 Å². The van der Waals surface area contributed by atoms with Crippen LogP contribution >= 0.6 is 23.4 Å². The standard InChI is InChI=1S/C19H24ClN5OS/c1-13(18(26)22-12-11-14-5-3-2-4-6-14)27-19-24-23-17(25(19)21)15-7-9-16(20)10-8-15/h5,7-10,13H,2-4,6,11-12,21H2,1H3,(H,22,26)/t13-/m0/s1. The highest BCUT2D eigenvalue weighted by Crippen LogP contribution is 2.25. The number of amides is 1. The fourth-order valence-electron chi connectivity index (χ4n) is 2.99. The molecule has 0 radical (unpaired) electrons. The molecule has 0 bridgehead atoms. The molecule has 0 aliphatic heterocycles. The molecule has 1 aromatic heterocycles. The number of benzene rings is 1. The highest BCUT2D eigenvalue weighted by molar-refractivity contribution is 8.00. The maximum Gasteiger partial charge on any atom is 0.233 e. The number of halogens is 1. The molecule has 0 saturated heterocycles. The van der Waals surface area contributed by atoms with Gasteiger partial charge in [0.25, 0.3) is 0 Å². The van der Waals surface area contributed by atoms with Crippen LogP contribution < -0.4 is 11.2 Å². The number of nitrogens with zero attached hydrogens (tertiary/aromatic N) is 3. The van der Waals surface area contributed by atoms with E-state index < -0.39 is 0 Å². The summed E-state index contributed by atoms with van der Waals surface area (Å²) >= 11 is 7.21. The molecule has 1 heterocycles.